The summed E-state index contributed by atoms with van der Waals surface area (Å²) in [6.07, 6.45) is -0.140. The first-order chi connectivity index (χ1) is 7.50. The van der Waals surface area contributed by atoms with E-state index in [9.17, 15) is 4.79 Å². The maximum atomic E-state index is 10.8. The molecule has 1 aromatic rings. The van der Waals surface area contributed by atoms with E-state index in [0.717, 1.165) is 0 Å². The van der Waals surface area contributed by atoms with E-state index in [1.54, 1.807) is 0 Å². The highest BCUT2D eigenvalue weighted by molar-refractivity contribution is 5.64. The van der Waals surface area contributed by atoms with E-state index >= 15 is 0 Å². The van der Waals surface area contributed by atoms with Crippen LogP contribution in [0.3, 0.4) is 0 Å². The fourth-order valence-corrected chi connectivity index (χ4v) is 1.62. The highest BCUT2D eigenvalue weighted by Gasteiger charge is 2.18. The zero-order valence-corrected chi connectivity index (χ0v) is 10.1. The summed E-state index contributed by atoms with van der Waals surface area (Å²) < 4.78 is 5.11. The van der Waals surface area contributed by atoms with Crippen molar-refractivity contribution in [3.05, 3.63) is 35.4 Å². The second-order valence-electron chi connectivity index (χ2n) is 4.35. The molecule has 0 heterocycles. The van der Waals surface area contributed by atoms with Crippen molar-refractivity contribution in [1.29, 1.82) is 0 Å². The van der Waals surface area contributed by atoms with Gasteiger partial charge in [0.2, 0.25) is 0 Å². The van der Waals surface area contributed by atoms with Gasteiger partial charge in [-0.05, 0) is 24.0 Å². The molecule has 2 N–H and O–H groups in total. The molecular formula is C13H19NO2. The molecule has 0 radical (unpaired) electrons. The molecule has 0 saturated heterocycles. The van der Waals surface area contributed by atoms with Gasteiger partial charge in [0.15, 0.2) is 0 Å². The van der Waals surface area contributed by atoms with E-state index in [2.05, 4.69) is 19.1 Å². The summed E-state index contributed by atoms with van der Waals surface area (Å²) in [5.41, 5.74) is 7.47. The number of rotatable bonds is 4. The molecule has 0 fully saturated rings. The monoisotopic (exact) mass is 221 g/mol. The van der Waals surface area contributed by atoms with Crippen LogP contribution < -0.4 is 5.73 Å². The molecule has 1 rings (SSSR count). The van der Waals surface area contributed by atoms with Crippen LogP contribution in [0.25, 0.3) is 0 Å². The maximum Gasteiger partial charge on any atom is 0.404 e. The van der Waals surface area contributed by atoms with Crippen LogP contribution in [-0.4, -0.2) is 12.2 Å². The van der Waals surface area contributed by atoms with Crippen LogP contribution >= 0.6 is 0 Å². The van der Waals surface area contributed by atoms with Gasteiger partial charge < -0.3 is 10.5 Å². The standard InChI is InChI=1S/C13H19NO2/c1-9(2)12(16-13(14)15)8-11-7-5-4-6-10(11)3/h4-7,9,12H,8H2,1-3H3,(H2,14,15). The molecule has 0 aliphatic heterocycles. The first-order valence-corrected chi connectivity index (χ1v) is 5.51. The molecular weight excluding hydrogens is 202 g/mol. The quantitative estimate of drug-likeness (QED) is 0.849. The minimum Gasteiger partial charge on any atom is -0.446 e. The maximum absolute atomic E-state index is 10.8. The van der Waals surface area contributed by atoms with Crippen molar-refractivity contribution >= 4 is 6.09 Å². The van der Waals surface area contributed by atoms with Gasteiger partial charge in [0.1, 0.15) is 6.10 Å². The SMILES string of the molecule is Cc1ccccc1CC(OC(N)=O)C(C)C. The van der Waals surface area contributed by atoms with Gasteiger partial charge in [0, 0.05) is 6.42 Å². The summed E-state index contributed by atoms with van der Waals surface area (Å²) in [6.45, 7) is 6.09. The van der Waals surface area contributed by atoms with Gasteiger partial charge in [0.05, 0.1) is 0 Å². The predicted octanol–water partition coefficient (Wildman–Crippen LogP) is 2.66. The fraction of sp³-hybridized carbons (Fsp3) is 0.462. The Morgan fingerprint density at radius 1 is 1.38 bits per heavy atom. The molecule has 0 spiro atoms. The Balaban J connectivity index is 2.76. The Kier molecular flexibility index (Phi) is 4.35. The van der Waals surface area contributed by atoms with Crippen LogP contribution in [0.5, 0.6) is 0 Å². The number of amides is 1. The Morgan fingerprint density at radius 3 is 2.50 bits per heavy atom. The molecule has 16 heavy (non-hydrogen) atoms. The van der Waals surface area contributed by atoms with Crippen molar-refractivity contribution in [2.45, 2.75) is 33.3 Å². The van der Waals surface area contributed by atoms with E-state index in [0.29, 0.717) is 6.42 Å². The third kappa shape index (κ3) is 3.57. The molecule has 3 heteroatoms. The minimum atomic E-state index is -0.702. The Morgan fingerprint density at radius 2 is 2.00 bits per heavy atom. The van der Waals surface area contributed by atoms with Gasteiger partial charge >= 0.3 is 6.09 Å². The summed E-state index contributed by atoms with van der Waals surface area (Å²) in [6, 6.07) is 8.09. The van der Waals surface area contributed by atoms with Gasteiger partial charge in [-0.2, -0.15) is 0 Å². The number of primary amides is 1. The summed E-state index contributed by atoms with van der Waals surface area (Å²) >= 11 is 0. The number of hydrogen-bond acceptors (Lipinski definition) is 2. The highest BCUT2D eigenvalue weighted by atomic mass is 16.6. The molecule has 0 aliphatic rings. The third-order valence-electron chi connectivity index (χ3n) is 2.69. The second-order valence-corrected chi connectivity index (χ2v) is 4.35. The molecule has 0 aromatic heterocycles. The number of ether oxygens (including phenoxy) is 1. The zero-order chi connectivity index (χ0) is 12.1. The Hall–Kier alpha value is -1.51. The number of carbonyl (C=O) groups is 1. The van der Waals surface area contributed by atoms with Crippen LogP contribution in [0.2, 0.25) is 0 Å². The van der Waals surface area contributed by atoms with Gasteiger partial charge in [0.25, 0.3) is 0 Å². The lowest BCUT2D eigenvalue weighted by molar-refractivity contribution is 0.0787. The molecule has 88 valence electrons. The molecule has 0 aliphatic carbocycles. The van der Waals surface area contributed by atoms with Crippen molar-refractivity contribution in [3.8, 4) is 0 Å². The van der Waals surface area contributed by atoms with Crippen molar-refractivity contribution in [2.75, 3.05) is 0 Å². The smallest absolute Gasteiger partial charge is 0.404 e. The topological polar surface area (TPSA) is 52.3 Å². The number of benzene rings is 1. The number of nitrogens with two attached hydrogens (primary N) is 1. The molecule has 1 amide bonds. The first-order valence-electron chi connectivity index (χ1n) is 5.51. The molecule has 1 aromatic carbocycles. The lowest BCUT2D eigenvalue weighted by Crippen LogP contribution is -2.29. The Bertz CT molecular complexity index is 361. The first kappa shape index (κ1) is 12.6. The molecule has 0 saturated carbocycles. The second kappa shape index (κ2) is 5.54. The highest BCUT2D eigenvalue weighted by Crippen LogP contribution is 2.16. The molecule has 0 bridgehead atoms. The third-order valence-corrected chi connectivity index (χ3v) is 2.69. The van der Waals surface area contributed by atoms with Crippen molar-refractivity contribution in [1.82, 2.24) is 0 Å². The van der Waals surface area contributed by atoms with Gasteiger partial charge in [-0.15, -0.1) is 0 Å². The van der Waals surface area contributed by atoms with E-state index in [1.165, 1.54) is 11.1 Å². The average Bonchev–Trinajstić information content (AvgIpc) is 2.19. The van der Waals surface area contributed by atoms with Crippen LogP contribution in [0, 0.1) is 12.8 Å². The molecule has 1 unspecified atom stereocenters. The minimum absolute atomic E-state index is 0.154. The van der Waals surface area contributed by atoms with E-state index in [-0.39, 0.29) is 12.0 Å². The van der Waals surface area contributed by atoms with E-state index in [4.69, 9.17) is 10.5 Å². The van der Waals surface area contributed by atoms with Crippen molar-refractivity contribution in [3.63, 3.8) is 0 Å². The van der Waals surface area contributed by atoms with Crippen molar-refractivity contribution < 1.29 is 9.53 Å². The lowest BCUT2D eigenvalue weighted by atomic mass is 9.96. The summed E-state index contributed by atoms with van der Waals surface area (Å²) in [5.74, 6) is 0.257. The lowest BCUT2D eigenvalue weighted by Gasteiger charge is -2.21. The van der Waals surface area contributed by atoms with Gasteiger partial charge in [-0.3, -0.25) is 0 Å². The largest absolute Gasteiger partial charge is 0.446 e. The van der Waals surface area contributed by atoms with Crippen LogP contribution in [0.1, 0.15) is 25.0 Å². The van der Waals surface area contributed by atoms with Crippen LogP contribution in [0.4, 0.5) is 4.79 Å². The molecule has 1 atom stereocenters. The van der Waals surface area contributed by atoms with Gasteiger partial charge in [-0.25, -0.2) is 4.79 Å². The van der Waals surface area contributed by atoms with Crippen LogP contribution in [-0.2, 0) is 11.2 Å². The number of carbonyl (C=O) groups excluding carboxylic acids is 1. The normalized spacial score (nSPS) is 12.5. The van der Waals surface area contributed by atoms with E-state index in [1.807, 2.05) is 26.0 Å². The Labute approximate surface area is 96.6 Å². The van der Waals surface area contributed by atoms with E-state index < -0.39 is 6.09 Å². The predicted molar refractivity (Wildman–Crippen MR) is 64.2 cm³/mol. The van der Waals surface area contributed by atoms with Crippen molar-refractivity contribution in [2.24, 2.45) is 11.7 Å². The summed E-state index contributed by atoms with van der Waals surface area (Å²) in [7, 11) is 0. The summed E-state index contributed by atoms with van der Waals surface area (Å²) in [5, 5.41) is 0. The van der Waals surface area contributed by atoms with Gasteiger partial charge in [-0.1, -0.05) is 38.1 Å². The number of aryl methyl sites for hydroxylation is 1. The average molecular weight is 221 g/mol. The molecule has 3 nitrogen and oxygen atoms in total. The fourth-order valence-electron chi connectivity index (χ4n) is 1.62. The van der Waals surface area contributed by atoms with Crippen LogP contribution in [0.15, 0.2) is 24.3 Å². The number of hydrogen-bond donors (Lipinski definition) is 1. The summed E-state index contributed by atoms with van der Waals surface area (Å²) in [4.78, 5) is 10.8. The zero-order valence-electron chi connectivity index (χ0n) is 10.1.